The highest BCUT2D eigenvalue weighted by Crippen LogP contribution is 2.29. The third-order valence-electron chi connectivity index (χ3n) is 3.55. The summed E-state index contributed by atoms with van der Waals surface area (Å²) in [6.45, 7) is 4.02. The molecule has 0 fully saturated rings. The number of phenols is 3. The van der Waals surface area contributed by atoms with Gasteiger partial charge in [0.25, 0.3) is 0 Å². The zero-order chi connectivity index (χ0) is 14.7. The van der Waals surface area contributed by atoms with Gasteiger partial charge in [-0.15, -0.1) is 0 Å². The van der Waals surface area contributed by atoms with Crippen LogP contribution >= 0.6 is 0 Å². The molecule has 3 nitrogen and oxygen atoms in total. The molecule has 2 aromatic rings. The van der Waals surface area contributed by atoms with Crippen LogP contribution in [0.1, 0.15) is 36.1 Å². The van der Waals surface area contributed by atoms with Crippen molar-refractivity contribution >= 4 is 0 Å². The van der Waals surface area contributed by atoms with Crippen molar-refractivity contribution in [2.75, 3.05) is 0 Å². The van der Waals surface area contributed by atoms with Gasteiger partial charge in [0.1, 0.15) is 17.2 Å². The molecule has 106 valence electrons. The van der Waals surface area contributed by atoms with Gasteiger partial charge < -0.3 is 15.3 Å². The van der Waals surface area contributed by atoms with E-state index in [1.54, 1.807) is 12.1 Å². The van der Waals surface area contributed by atoms with E-state index < -0.39 is 0 Å². The van der Waals surface area contributed by atoms with Crippen molar-refractivity contribution in [2.24, 2.45) is 0 Å². The van der Waals surface area contributed by atoms with Crippen LogP contribution in [0.4, 0.5) is 0 Å². The van der Waals surface area contributed by atoms with Crippen LogP contribution in [0.15, 0.2) is 30.3 Å². The summed E-state index contributed by atoms with van der Waals surface area (Å²) in [6.07, 6.45) is 2.12. The maximum atomic E-state index is 10.1. The van der Waals surface area contributed by atoms with Gasteiger partial charge in [-0.2, -0.15) is 0 Å². The van der Waals surface area contributed by atoms with Crippen LogP contribution in [0.3, 0.4) is 0 Å². The zero-order valence-electron chi connectivity index (χ0n) is 11.8. The predicted octanol–water partition coefficient (Wildman–Crippen LogP) is 3.52. The van der Waals surface area contributed by atoms with Crippen molar-refractivity contribution in [2.45, 2.75) is 33.1 Å². The topological polar surface area (TPSA) is 60.7 Å². The minimum atomic E-state index is 0.0560. The van der Waals surface area contributed by atoms with Crippen molar-refractivity contribution in [1.82, 2.24) is 0 Å². The Morgan fingerprint density at radius 2 is 1.40 bits per heavy atom. The Kier molecular flexibility index (Phi) is 4.18. The summed E-state index contributed by atoms with van der Waals surface area (Å²) in [4.78, 5) is 0. The molecule has 0 bridgehead atoms. The van der Waals surface area contributed by atoms with Gasteiger partial charge in [-0.25, -0.2) is 0 Å². The van der Waals surface area contributed by atoms with Crippen LogP contribution in [0.25, 0.3) is 0 Å². The lowest BCUT2D eigenvalue weighted by atomic mass is 9.96. The monoisotopic (exact) mass is 272 g/mol. The second-order valence-corrected chi connectivity index (χ2v) is 4.96. The first kappa shape index (κ1) is 14.3. The Bertz CT molecular complexity index is 593. The Morgan fingerprint density at radius 1 is 0.800 bits per heavy atom. The van der Waals surface area contributed by atoms with Crippen LogP contribution in [0.2, 0.25) is 0 Å². The largest absolute Gasteiger partial charge is 0.508 e. The molecule has 20 heavy (non-hydrogen) atoms. The third kappa shape index (κ3) is 2.87. The number of aryl methyl sites for hydroxylation is 2. The van der Waals surface area contributed by atoms with E-state index in [2.05, 4.69) is 0 Å². The van der Waals surface area contributed by atoms with Crippen LogP contribution in [0.5, 0.6) is 17.2 Å². The highest BCUT2D eigenvalue weighted by atomic mass is 16.3. The molecule has 3 heteroatoms. The fourth-order valence-corrected chi connectivity index (χ4v) is 2.39. The van der Waals surface area contributed by atoms with E-state index in [0.717, 1.165) is 35.1 Å². The number of hydrogen-bond donors (Lipinski definition) is 3. The van der Waals surface area contributed by atoms with Crippen LogP contribution in [-0.2, 0) is 19.3 Å². The number of rotatable bonds is 4. The van der Waals surface area contributed by atoms with Gasteiger partial charge in [-0.1, -0.05) is 32.0 Å². The molecule has 0 radical (unpaired) electrons. The molecule has 0 aromatic heterocycles. The van der Waals surface area contributed by atoms with Crippen LogP contribution in [-0.4, -0.2) is 15.3 Å². The molecule has 0 aliphatic carbocycles. The molecule has 3 N–H and O–H groups in total. The quantitative estimate of drug-likeness (QED) is 0.798. The minimum absolute atomic E-state index is 0.0560. The molecule has 2 aromatic carbocycles. The Labute approximate surface area is 119 Å². The zero-order valence-corrected chi connectivity index (χ0v) is 11.8. The Balaban J connectivity index is 2.38. The Hall–Kier alpha value is -2.16. The molecular weight excluding hydrogens is 252 g/mol. The highest BCUT2D eigenvalue weighted by molar-refractivity contribution is 5.47. The second kappa shape index (κ2) is 5.87. The standard InChI is InChI=1S/C17H20O3/c1-3-12-7-11(8-13(4-2)17(12)20)9-14-5-6-15(18)10-16(14)19/h5-8,10,18-20H,3-4,9H2,1-2H3. The van der Waals surface area contributed by atoms with Gasteiger partial charge in [0, 0.05) is 12.5 Å². The molecule has 0 atom stereocenters. The van der Waals surface area contributed by atoms with Gasteiger partial charge in [0.15, 0.2) is 0 Å². The summed E-state index contributed by atoms with van der Waals surface area (Å²) in [7, 11) is 0. The smallest absolute Gasteiger partial charge is 0.122 e. The Morgan fingerprint density at radius 3 is 1.90 bits per heavy atom. The summed E-state index contributed by atoms with van der Waals surface area (Å²) in [5, 5.41) is 29.3. The van der Waals surface area contributed by atoms with E-state index in [1.165, 1.54) is 6.07 Å². The van der Waals surface area contributed by atoms with Gasteiger partial charge in [-0.05, 0) is 41.2 Å². The molecule has 0 spiro atoms. The SMILES string of the molecule is CCc1cc(Cc2ccc(O)cc2O)cc(CC)c1O. The first-order valence-corrected chi connectivity index (χ1v) is 6.89. The van der Waals surface area contributed by atoms with E-state index in [1.807, 2.05) is 26.0 Å². The fourth-order valence-electron chi connectivity index (χ4n) is 2.39. The number of benzene rings is 2. The van der Waals surface area contributed by atoms with Gasteiger partial charge in [-0.3, -0.25) is 0 Å². The van der Waals surface area contributed by atoms with E-state index >= 15 is 0 Å². The molecule has 0 amide bonds. The molecular formula is C17H20O3. The third-order valence-corrected chi connectivity index (χ3v) is 3.55. The number of phenolic OH excluding ortho intramolecular Hbond substituents is 3. The fraction of sp³-hybridized carbons (Fsp3) is 0.294. The molecule has 0 unspecified atom stereocenters. The summed E-state index contributed by atoms with van der Waals surface area (Å²) < 4.78 is 0. The number of aromatic hydroxyl groups is 3. The molecule has 2 rings (SSSR count). The maximum absolute atomic E-state index is 10.1. The maximum Gasteiger partial charge on any atom is 0.122 e. The normalized spacial score (nSPS) is 10.7. The van der Waals surface area contributed by atoms with Crippen LogP contribution < -0.4 is 0 Å². The second-order valence-electron chi connectivity index (χ2n) is 4.96. The van der Waals surface area contributed by atoms with Crippen LogP contribution in [0, 0.1) is 0 Å². The highest BCUT2D eigenvalue weighted by Gasteiger charge is 2.10. The molecule has 0 saturated carbocycles. The van der Waals surface area contributed by atoms with Gasteiger partial charge in [0.2, 0.25) is 0 Å². The van der Waals surface area contributed by atoms with E-state index in [4.69, 9.17) is 0 Å². The minimum Gasteiger partial charge on any atom is -0.508 e. The lowest BCUT2D eigenvalue weighted by Gasteiger charge is -2.12. The van der Waals surface area contributed by atoms with Crippen molar-refractivity contribution < 1.29 is 15.3 Å². The lowest BCUT2D eigenvalue weighted by molar-refractivity contribution is 0.447. The molecule has 0 saturated heterocycles. The predicted molar refractivity (Wildman–Crippen MR) is 79.4 cm³/mol. The lowest BCUT2D eigenvalue weighted by Crippen LogP contribution is -1.95. The average Bonchev–Trinajstić information content (AvgIpc) is 2.43. The van der Waals surface area contributed by atoms with Gasteiger partial charge in [0.05, 0.1) is 0 Å². The first-order chi connectivity index (χ1) is 9.55. The molecule has 0 heterocycles. The van der Waals surface area contributed by atoms with E-state index in [9.17, 15) is 15.3 Å². The summed E-state index contributed by atoms with van der Waals surface area (Å²) in [5.74, 6) is 0.531. The summed E-state index contributed by atoms with van der Waals surface area (Å²) in [5.41, 5.74) is 3.67. The summed E-state index contributed by atoms with van der Waals surface area (Å²) >= 11 is 0. The molecule has 0 aliphatic rings. The first-order valence-electron chi connectivity index (χ1n) is 6.89. The average molecular weight is 272 g/mol. The van der Waals surface area contributed by atoms with Crippen molar-refractivity contribution in [3.63, 3.8) is 0 Å². The van der Waals surface area contributed by atoms with Crippen molar-refractivity contribution in [1.29, 1.82) is 0 Å². The van der Waals surface area contributed by atoms with Gasteiger partial charge >= 0.3 is 0 Å². The number of hydrogen-bond acceptors (Lipinski definition) is 3. The van der Waals surface area contributed by atoms with E-state index in [0.29, 0.717) is 12.2 Å². The summed E-state index contributed by atoms with van der Waals surface area (Å²) in [6, 6.07) is 8.57. The van der Waals surface area contributed by atoms with Crippen molar-refractivity contribution in [3.8, 4) is 17.2 Å². The van der Waals surface area contributed by atoms with Crippen molar-refractivity contribution in [3.05, 3.63) is 52.6 Å². The van der Waals surface area contributed by atoms with E-state index in [-0.39, 0.29) is 11.5 Å². The molecule has 0 aliphatic heterocycles.